The molecular weight excluding hydrogens is 256 g/mol. The molecule has 5 heteroatoms. The topological polar surface area (TPSA) is 83.6 Å². The van der Waals surface area contributed by atoms with E-state index in [-0.39, 0.29) is 24.2 Å². The number of aliphatic carboxylic acids is 1. The number of carbonyl (C=O) groups is 2. The summed E-state index contributed by atoms with van der Waals surface area (Å²) in [5, 5.41) is 8.71. The van der Waals surface area contributed by atoms with Gasteiger partial charge in [0.1, 0.15) is 0 Å². The fourth-order valence-electron chi connectivity index (χ4n) is 2.80. The molecule has 0 saturated heterocycles. The predicted octanol–water partition coefficient (Wildman–Crippen LogP) is 2.07. The molecule has 20 heavy (non-hydrogen) atoms. The highest BCUT2D eigenvalue weighted by molar-refractivity contribution is 5.98. The smallest absolute Gasteiger partial charge is 0.303 e. The number of benzene rings is 1. The first kappa shape index (κ1) is 14.4. The van der Waals surface area contributed by atoms with Crippen molar-refractivity contribution < 1.29 is 14.7 Å². The van der Waals surface area contributed by atoms with Gasteiger partial charge in [-0.25, -0.2) is 0 Å². The molecule has 0 fully saturated rings. The fraction of sp³-hybridized carbons (Fsp3) is 0.467. The van der Waals surface area contributed by atoms with Crippen LogP contribution >= 0.6 is 0 Å². The van der Waals surface area contributed by atoms with E-state index in [9.17, 15) is 9.59 Å². The van der Waals surface area contributed by atoms with Crippen LogP contribution in [0.25, 0.3) is 0 Å². The molecule has 5 nitrogen and oxygen atoms in total. The number of aryl methyl sites for hydroxylation is 1. The van der Waals surface area contributed by atoms with Crippen molar-refractivity contribution in [2.24, 2.45) is 0 Å². The summed E-state index contributed by atoms with van der Waals surface area (Å²) in [4.78, 5) is 24.6. The van der Waals surface area contributed by atoms with Crippen LogP contribution in [0.4, 0.5) is 11.4 Å². The molecule has 0 unspecified atom stereocenters. The van der Waals surface area contributed by atoms with Crippen molar-refractivity contribution in [3.05, 3.63) is 23.3 Å². The van der Waals surface area contributed by atoms with Crippen molar-refractivity contribution in [3.8, 4) is 0 Å². The monoisotopic (exact) mass is 276 g/mol. The summed E-state index contributed by atoms with van der Waals surface area (Å²) < 4.78 is 0. The van der Waals surface area contributed by atoms with Gasteiger partial charge in [-0.15, -0.1) is 0 Å². The van der Waals surface area contributed by atoms with Gasteiger partial charge in [-0.2, -0.15) is 0 Å². The van der Waals surface area contributed by atoms with Gasteiger partial charge in [0, 0.05) is 24.1 Å². The van der Waals surface area contributed by atoms with E-state index in [0.717, 1.165) is 16.8 Å². The minimum atomic E-state index is -0.953. The number of carboxylic acids is 1. The van der Waals surface area contributed by atoms with Gasteiger partial charge in [0.05, 0.1) is 12.1 Å². The zero-order valence-corrected chi connectivity index (χ0v) is 12.1. The third-order valence-electron chi connectivity index (χ3n) is 3.73. The molecule has 0 aromatic heterocycles. The normalized spacial score (nSPS) is 16.1. The van der Waals surface area contributed by atoms with Crippen LogP contribution in [0.5, 0.6) is 0 Å². The SMILES string of the molecule is Cc1cc(N)cc2c1N(C(=O)CCC(=O)O)CC2(C)C. The number of hydrogen-bond acceptors (Lipinski definition) is 3. The molecule has 0 saturated carbocycles. The molecule has 2 rings (SSSR count). The van der Waals surface area contributed by atoms with Crippen LogP contribution in [-0.2, 0) is 15.0 Å². The average molecular weight is 276 g/mol. The molecule has 0 atom stereocenters. The number of fused-ring (bicyclic) bond motifs is 1. The van der Waals surface area contributed by atoms with Gasteiger partial charge in [0.15, 0.2) is 0 Å². The first-order valence-electron chi connectivity index (χ1n) is 6.65. The van der Waals surface area contributed by atoms with Gasteiger partial charge >= 0.3 is 5.97 Å². The molecule has 108 valence electrons. The van der Waals surface area contributed by atoms with Crippen LogP contribution in [0.3, 0.4) is 0 Å². The molecule has 1 aliphatic rings. The Hall–Kier alpha value is -2.04. The van der Waals surface area contributed by atoms with Gasteiger partial charge in [-0.1, -0.05) is 13.8 Å². The first-order valence-corrected chi connectivity index (χ1v) is 6.65. The molecule has 1 amide bonds. The lowest BCUT2D eigenvalue weighted by atomic mass is 9.86. The second-order valence-electron chi connectivity index (χ2n) is 5.99. The molecule has 0 bridgehead atoms. The van der Waals surface area contributed by atoms with Crippen molar-refractivity contribution in [2.45, 2.75) is 39.0 Å². The van der Waals surface area contributed by atoms with Gasteiger partial charge in [-0.3, -0.25) is 9.59 Å². The molecule has 1 aromatic rings. The van der Waals surface area contributed by atoms with Gasteiger partial charge in [0.25, 0.3) is 0 Å². The van der Waals surface area contributed by atoms with Crippen LogP contribution in [-0.4, -0.2) is 23.5 Å². The maximum absolute atomic E-state index is 12.3. The largest absolute Gasteiger partial charge is 0.481 e. The highest BCUT2D eigenvalue weighted by atomic mass is 16.4. The zero-order chi connectivity index (χ0) is 15.1. The molecular formula is C15H20N2O3. The predicted molar refractivity (Wildman–Crippen MR) is 77.8 cm³/mol. The highest BCUT2D eigenvalue weighted by Gasteiger charge is 2.39. The number of carbonyl (C=O) groups excluding carboxylic acids is 1. The van der Waals surface area contributed by atoms with E-state index in [0.29, 0.717) is 12.2 Å². The van der Waals surface area contributed by atoms with Crippen molar-refractivity contribution in [1.82, 2.24) is 0 Å². The molecule has 3 N–H and O–H groups in total. The van der Waals surface area contributed by atoms with Crippen LogP contribution in [0, 0.1) is 6.92 Å². The lowest BCUT2D eigenvalue weighted by molar-refractivity contribution is -0.138. The third kappa shape index (κ3) is 2.48. The quantitative estimate of drug-likeness (QED) is 0.828. The highest BCUT2D eigenvalue weighted by Crippen LogP contribution is 2.43. The Morgan fingerprint density at radius 2 is 2.00 bits per heavy atom. The van der Waals surface area contributed by atoms with E-state index in [1.54, 1.807) is 4.90 Å². The number of amides is 1. The Morgan fingerprint density at radius 3 is 2.60 bits per heavy atom. The van der Waals surface area contributed by atoms with Gasteiger partial charge in [-0.05, 0) is 30.2 Å². The number of nitrogens with two attached hydrogens (primary N) is 1. The van der Waals surface area contributed by atoms with Crippen LogP contribution in [0.15, 0.2) is 12.1 Å². The van der Waals surface area contributed by atoms with E-state index in [4.69, 9.17) is 10.8 Å². The number of rotatable bonds is 3. The van der Waals surface area contributed by atoms with Crippen LogP contribution in [0.2, 0.25) is 0 Å². The summed E-state index contributed by atoms with van der Waals surface area (Å²) in [6.45, 7) is 6.61. The standard InChI is InChI=1S/C15H20N2O3/c1-9-6-10(16)7-11-14(9)17(8-15(11,2)3)12(18)4-5-13(19)20/h6-7H,4-5,8,16H2,1-3H3,(H,19,20). The third-order valence-corrected chi connectivity index (χ3v) is 3.73. The number of nitrogens with zero attached hydrogens (tertiary/aromatic N) is 1. The van der Waals surface area contributed by atoms with Crippen LogP contribution < -0.4 is 10.6 Å². The summed E-state index contributed by atoms with van der Waals surface area (Å²) in [5.74, 6) is -1.10. The zero-order valence-electron chi connectivity index (χ0n) is 12.1. The average Bonchev–Trinajstić information content (AvgIpc) is 2.59. The second-order valence-corrected chi connectivity index (χ2v) is 5.99. The number of carboxylic acid groups (broad SMARTS) is 1. The summed E-state index contributed by atoms with van der Waals surface area (Å²) in [5.41, 5.74) is 9.30. The molecule has 0 aliphatic carbocycles. The molecule has 0 radical (unpaired) electrons. The van der Waals surface area contributed by atoms with Crippen molar-refractivity contribution >= 4 is 23.3 Å². The Morgan fingerprint density at radius 1 is 1.35 bits per heavy atom. The maximum atomic E-state index is 12.3. The van der Waals surface area contributed by atoms with Crippen molar-refractivity contribution in [2.75, 3.05) is 17.2 Å². The lowest BCUT2D eigenvalue weighted by Crippen LogP contribution is -2.34. The van der Waals surface area contributed by atoms with Gasteiger partial charge in [0.2, 0.25) is 5.91 Å². The number of anilines is 2. The van der Waals surface area contributed by atoms with Crippen LogP contribution in [0.1, 0.15) is 37.8 Å². The second kappa shape index (κ2) is 4.81. The Balaban J connectivity index is 2.37. The Kier molecular flexibility index (Phi) is 3.46. The van der Waals surface area contributed by atoms with E-state index < -0.39 is 5.97 Å². The van der Waals surface area contributed by atoms with E-state index in [1.165, 1.54) is 0 Å². The Labute approximate surface area is 118 Å². The summed E-state index contributed by atoms with van der Waals surface area (Å²) in [6, 6.07) is 3.75. The fourth-order valence-corrected chi connectivity index (χ4v) is 2.80. The summed E-state index contributed by atoms with van der Waals surface area (Å²) in [6.07, 6.45) is -0.117. The van der Waals surface area contributed by atoms with E-state index >= 15 is 0 Å². The van der Waals surface area contributed by atoms with Crippen molar-refractivity contribution in [1.29, 1.82) is 0 Å². The van der Waals surface area contributed by atoms with E-state index in [2.05, 4.69) is 13.8 Å². The lowest BCUT2D eigenvalue weighted by Gasteiger charge is -2.21. The Bertz CT molecular complexity index is 579. The first-order chi connectivity index (χ1) is 9.22. The minimum absolute atomic E-state index is 0.0225. The number of nitrogen functional groups attached to an aromatic ring is 1. The molecule has 1 heterocycles. The molecule has 1 aliphatic heterocycles. The summed E-state index contributed by atoms with van der Waals surface area (Å²) >= 11 is 0. The van der Waals surface area contributed by atoms with Gasteiger partial charge < -0.3 is 15.7 Å². The number of hydrogen-bond donors (Lipinski definition) is 2. The maximum Gasteiger partial charge on any atom is 0.303 e. The molecule has 1 aromatic carbocycles. The van der Waals surface area contributed by atoms with Crippen molar-refractivity contribution in [3.63, 3.8) is 0 Å². The minimum Gasteiger partial charge on any atom is -0.481 e. The summed E-state index contributed by atoms with van der Waals surface area (Å²) in [7, 11) is 0. The molecule has 0 spiro atoms. The van der Waals surface area contributed by atoms with E-state index in [1.807, 2.05) is 19.1 Å².